The maximum Gasteiger partial charge on any atom is 0.254 e. The van der Waals surface area contributed by atoms with Gasteiger partial charge in [-0.05, 0) is 24.1 Å². The molecule has 0 unspecified atom stereocenters. The van der Waals surface area contributed by atoms with E-state index >= 15 is 0 Å². The van der Waals surface area contributed by atoms with Crippen LogP contribution in [-0.2, 0) is 24.4 Å². The minimum atomic E-state index is -0.170. The summed E-state index contributed by atoms with van der Waals surface area (Å²) >= 11 is 0. The summed E-state index contributed by atoms with van der Waals surface area (Å²) in [7, 11) is 0. The summed E-state index contributed by atoms with van der Waals surface area (Å²) in [5, 5.41) is 2.84. The molecule has 0 bridgehead atoms. The van der Waals surface area contributed by atoms with Crippen LogP contribution in [0.25, 0.3) is 0 Å². The van der Waals surface area contributed by atoms with Crippen LogP contribution in [0.15, 0.2) is 41.0 Å². The number of carbonyl (C=O) groups is 1. The fourth-order valence-corrected chi connectivity index (χ4v) is 1.86. The third-order valence-corrected chi connectivity index (χ3v) is 3.07. The Labute approximate surface area is 136 Å². The molecule has 0 saturated heterocycles. The van der Waals surface area contributed by atoms with Gasteiger partial charge in [-0.1, -0.05) is 24.3 Å². The molecule has 3 N–H and O–H groups in total. The number of hydrogen-bond donors (Lipinski definition) is 2. The predicted octanol–water partition coefficient (Wildman–Crippen LogP) is 2.63. The molecular weight excluding hydrogens is 304 g/mol. The van der Waals surface area contributed by atoms with Crippen molar-refractivity contribution < 1.29 is 13.9 Å². The van der Waals surface area contributed by atoms with Crippen molar-refractivity contribution in [1.29, 1.82) is 0 Å². The molecule has 1 heterocycles. The molecule has 2 aromatic rings. The molecule has 1 aromatic carbocycles. The standard InChI is InChI=1S/C16H20N2O3.ClH/c1-2-20-10-13-5-3-12(4-6-13)9-18-16(19)14-7-15(8-17)21-11-14;/h3-7,11H,2,8-10,17H2,1H3,(H,18,19);1H. The summed E-state index contributed by atoms with van der Waals surface area (Å²) < 4.78 is 10.5. The van der Waals surface area contributed by atoms with Crippen molar-refractivity contribution in [2.45, 2.75) is 26.6 Å². The fraction of sp³-hybridized carbons (Fsp3) is 0.312. The molecule has 1 aromatic heterocycles. The number of nitrogens with one attached hydrogen (secondary N) is 1. The molecule has 22 heavy (non-hydrogen) atoms. The Morgan fingerprint density at radius 2 is 1.95 bits per heavy atom. The first-order valence-electron chi connectivity index (χ1n) is 6.94. The van der Waals surface area contributed by atoms with Gasteiger partial charge in [0.25, 0.3) is 5.91 Å². The van der Waals surface area contributed by atoms with Gasteiger partial charge in [0.2, 0.25) is 0 Å². The molecule has 0 fully saturated rings. The van der Waals surface area contributed by atoms with E-state index in [1.807, 2.05) is 31.2 Å². The lowest BCUT2D eigenvalue weighted by molar-refractivity contribution is 0.0950. The van der Waals surface area contributed by atoms with Gasteiger partial charge in [-0.25, -0.2) is 0 Å². The van der Waals surface area contributed by atoms with Crippen molar-refractivity contribution >= 4 is 18.3 Å². The second-order valence-corrected chi connectivity index (χ2v) is 4.64. The molecule has 0 atom stereocenters. The van der Waals surface area contributed by atoms with Crippen LogP contribution in [0, 0.1) is 0 Å². The summed E-state index contributed by atoms with van der Waals surface area (Å²) in [4.78, 5) is 11.9. The van der Waals surface area contributed by atoms with E-state index in [-0.39, 0.29) is 24.9 Å². The predicted molar refractivity (Wildman–Crippen MR) is 86.8 cm³/mol. The lowest BCUT2D eigenvalue weighted by Gasteiger charge is -2.06. The van der Waals surface area contributed by atoms with Crippen LogP contribution in [0.3, 0.4) is 0 Å². The van der Waals surface area contributed by atoms with E-state index in [0.29, 0.717) is 31.1 Å². The lowest BCUT2D eigenvalue weighted by atomic mass is 10.1. The number of ether oxygens (including phenoxy) is 1. The largest absolute Gasteiger partial charge is 0.467 e. The van der Waals surface area contributed by atoms with E-state index in [0.717, 1.165) is 11.1 Å². The third-order valence-electron chi connectivity index (χ3n) is 3.07. The molecule has 0 spiro atoms. The zero-order valence-electron chi connectivity index (χ0n) is 12.5. The average molecular weight is 325 g/mol. The van der Waals surface area contributed by atoms with Gasteiger partial charge in [0.15, 0.2) is 0 Å². The number of benzene rings is 1. The molecule has 0 aliphatic heterocycles. The molecule has 0 aliphatic rings. The zero-order valence-corrected chi connectivity index (χ0v) is 13.3. The quantitative estimate of drug-likeness (QED) is 0.820. The topological polar surface area (TPSA) is 77.5 Å². The third kappa shape index (κ3) is 5.18. The van der Waals surface area contributed by atoms with Gasteiger partial charge in [-0.2, -0.15) is 0 Å². The van der Waals surface area contributed by atoms with Gasteiger partial charge in [0.1, 0.15) is 12.0 Å². The first-order chi connectivity index (χ1) is 10.2. The van der Waals surface area contributed by atoms with E-state index in [9.17, 15) is 4.79 Å². The maximum absolute atomic E-state index is 11.9. The van der Waals surface area contributed by atoms with E-state index in [4.69, 9.17) is 14.9 Å². The van der Waals surface area contributed by atoms with Crippen LogP contribution in [-0.4, -0.2) is 12.5 Å². The number of hydrogen-bond acceptors (Lipinski definition) is 4. The second-order valence-electron chi connectivity index (χ2n) is 4.64. The number of amides is 1. The van der Waals surface area contributed by atoms with Crippen LogP contribution in [0.1, 0.15) is 34.2 Å². The normalized spacial score (nSPS) is 10.1. The Bertz CT molecular complexity index is 581. The van der Waals surface area contributed by atoms with Crippen LogP contribution in [0.4, 0.5) is 0 Å². The minimum Gasteiger partial charge on any atom is -0.467 e. The Hall–Kier alpha value is -1.82. The van der Waals surface area contributed by atoms with E-state index in [1.54, 1.807) is 6.07 Å². The monoisotopic (exact) mass is 324 g/mol. The van der Waals surface area contributed by atoms with E-state index in [2.05, 4.69) is 5.32 Å². The SMILES string of the molecule is CCOCc1ccc(CNC(=O)c2coc(CN)c2)cc1.Cl. The summed E-state index contributed by atoms with van der Waals surface area (Å²) in [5.74, 6) is 0.428. The number of nitrogens with two attached hydrogens (primary N) is 1. The molecule has 120 valence electrons. The highest BCUT2D eigenvalue weighted by atomic mass is 35.5. The molecule has 6 heteroatoms. The molecular formula is C16H21ClN2O3. The smallest absolute Gasteiger partial charge is 0.254 e. The molecule has 2 rings (SSSR count). The molecule has 0 saturated carbocycles. The van der Waals surface area contributed by atoms with Gasteiger partial charge in [-0.15, -0.1) is 12.4 Å². The Balaban J connectivity index is 0.00000242. The fourth-order valence-electron chi connectivity index (χ4n) is 1.86. The molecule has 1 amide bonds. The van der Waals surface area contributed by atoms with Gasteiger partial charge in [-0.3, -0.25) is 4.79 Å². The lowest BCUT2D eigenvalue weighted by Crippen LogP contribution is -2.22. The molecule has 0 aliphatic carbocycles. The van der Waals surface area contributed by atoms with E-state index < -0.39 is 0 Å². The summed E-state index contributed by atoms with van der Waals surface area (Å²) in [5.41, 5.74) is 8.08. The van der Waals surface area contributed by atoms with Gasteiger partial charge in [0, 0.05) is 13.2 Å². The highest BCUT2D eigenvalue weighted by molar-refractivity contribution is 5.93. The number of rotatable bonds is 7. The van der Waals surface area contributed by atoms with Crippen LogP contribution in [0.2, 0.25) is 0 Å². The Morgan fingerprint density at radius 1 is 1.27 bits per heavy atom. The Morgan fingerprint density at radius 3 is 2.55 bits per heavy atom. The van der Waals surface area contributed by atoms with E-state index in [1.165, 1.54) is 6.26 Å². The maximum atomic E-state index is 11.9. The average Bonchev–Trinajstić information content (AvgIpc) is 3.00. The van der Waals surface area contributed by atoms with Gasteiger partial charge in [0.05, 0.1) is 18.7 Å². The van der Waals surface area contributed by atoms with Gasteiger partial charge >= 0.3 is 0 Å². The number of halogens is 1. The number of carbonyl (C=O) groups excluding carboxylic acids is 1. The van der Waals surface area contributed by atoms with Crippen LogP contribution >= 0.6 is 12.4 Å². The minimum absolute atomic E-state index is 0. The summed E-state index contributed by atoms with van der Waals surface area (Å²) in [6.07, 6.45) is 1.42. The van der Waals surface area contributed by atoms with Gasteiger partial charge < -0.3 is 20.2 Å². The Kier molecular flexibility index (Phi) is 7.66. The van der Waals surface area contributed by atoms with Crippen molar-refractivity contribution in [3.05, 3.63) is 59.0 Å². The summed E-state index contributed by atoms with van der Waals surface area (Å²) in [6, 6.07) is 9.62. The van der Waals surface area contributed by atoms with Crippen molar-refractivity contribution in [2.24, 2.45) is 5.73 Å². The highest BCUT2D eigenvalue weighted by Crippen LogP contribution is 2.08. The van der Waals surface area contributed by atoms with Crippen molar-refractivity contribution in [3.8, 4) is 0 Å². The van der Waals surface area contributed by atoms with Crippen LogP contribution < -0.4 is 11.1 Å². The van der Waals surface area contributed by atoms with Crippen molar-refractivity contribution in [1.82, 2.24) is 5.32 Å². The first kappa shape index (κ1) is 18.2. The molecule has 5 nitrogen and oxygen atoms in total. The van der Waals surface area contributed by atoms with Crippen LogP contribution in [0.5, 0.6) is 0 Å². The molecule has 0 radical (unpaired) electrons. The zero-order chi connectivity index (χ0) is 15.1. The van der Waals surface area contributed by atoms with Crippen molar-refractivity contribution in [2.75, 3.05) is 6.61 Å². The first-order valence-corrected chi connectivity index (χ1v) is 6.94. The number of furan rings is 1. The second kappa shape index (κ2) is 9.25. The van der Waals surface area contributed by atoms with Crippen molar-refractivity contribution in [3.63, 3.8) is 0 Å². The summed E-state index contributed by atoms with van der Waals surface area (Å²) in [6.45, 7) is 4.04. The highest BCUT2D eigenvalue weighted by Gasteiger charge is 2.09.